The minimum atomic E-state index is -0.941. The van der Waals surface area contributed by atoms with Gasteiger partial charge in [0.15, 0.2) is 0 Å². The molecular weight excluding hydrogens is 289 g/mol. The van der Waals surface area contributed by atoms with Crippen LogP contribution < -0.4 is 4.90 Å². The van der Waals surface area contributed by atoms with Crippen molar-refractivity contribution < 1.29 is 23.9 Å². The Morgan fingerprint density at radius 2 is 2.00 bits per heavy atom. The summed E-state index contributed by atoms with van der Waals surface area (Å²) in [5, 5.41) is 8.56. The third-order valence-electron chi connectivity index (χ3n) is 3.04. The summed E-state index contributed by atoms with van der Waals surface area (Å²) in [6, 6.07) is 2.33. The summed E-state index contributed by atoms with van der Waals surface area (Å²) in [7, 11) is 0. The normalized spacial score (nSPS) is 13.8. The maximum Gasteiger partial charge on any atom is 0.303 e. The highest BCUT2D eigenvalue weighted by Gasteiger charge is 2.39. The standard InChI is InChI=1S/C13H11ClFNO4/c14-7-4-5-8(15)11-10(7)12(19)13(20)16(11)6-2-1-3-9(17)18/h4-5H,1-3,6H2,(H,17,18). The maximum absolute atomic E-state index is 13.8. The second-order valence-electron chi connectivity index (χ2n) is 4.39. The van der Waals surface area contributed by atoms with Crippen LogP contribution in [0.5, 0.6) is 0 Å². The summed E-state index contributed by atoms with van der Waals surface area (Å²) in [6.07, 6.45) is 0.655. The molecule has 0 bridgehead atoms. The number of hydrogen-bond donors (Lipinski definition) is 1. The summed E-state index contributed by atoms with van der Waals surface area (Å²) in [6.45, 7) is 0.0854. The second-order valence-corrected chi connectivity index (χ2v) is 4.80. The number of fused-ring (bicyclic) bond motifs is 1. The van der Waals surface area contributed by atoms with Crippen molar-refractivity contribution in [2.75, 3.05) is 11.4 Å². The van der Waals surface area contributed by atoms with Crippen LogP contribution in [0.2, 0.25) is 5.02 Å². The number of nitrogens with zero attached hydrogens (tertiary/aromatic N) is 1. The average molecular weight is 300 g/mol. The van der Waals surface area contributed by atoms with Crippen LogP contribution >= 0.6 is 11.6 Å². The Balaban J connectivity index is 2.20. The smallest absolute Gasteiger partial charge is 0.303 e. The number of benzene rings is 1. The fourth-order valence-corrected chi connectivity index (χ4v) is 2.35. The van der Waals surface area contributed by atoms with Gasteiger partial charge in [0.05, 0.1) is 16.3 Å². The van der Waals surface area contributed by atoms with Crippen molar-refractivity contribution in [3.63, 3.8) is 0 Å². The molecule has 2 rings (SSSR count). The van der Waals surface area contributed by atoms with Crippen molar-refractivity contribution in [1.29, 1.82) is 0 Å². The van der Waals surface area contributed by atoms with Crippen molar-refractivity contribution in [2.24, 2.45) is 0 Å². The van der Waals surface area contributed by atoms with Crippen LogP contribution in [0.4, 0.5) is 10.1 Å². The molecule has 1 aromatic carbocycles. The molecule has 20 heavy (non-hydrogen) atoms. The van der Waals surface area contributed by atoms with Crippen LogP contribution in [0.1, 0.15) is 29.6 Å². The summed E-state index contributed by atoms with van der Waals surface area (Å²) < 4.78 is 13.8. The Bertz CT molecular complexity index is 602. The number of rotatable bonds is 5. The molecule has 0 radical (unpaired) electrons. The topological polar surface area (TPSA) is 74.7 Å². The molecule has 5 nitrogen and oxygen atoms in total. The number of carbonyl (C=O) groups is 3. The molecular formula is C13H11ClFNO4. The lowest BCUT2D eigenvalue weighted by Gasteiger charge is -2.16. The van der Waals surface area contributed by atoms with E-state index < -0.39 is 23.5 Å². The molecule has 1 aliphatic rings. The van der Waals surface area contributed by atoms with Crippen LogP contribution in [-0.2, 0) is 9.59 Å². The predicted octanol–water partition coefficient (Wildman–Crippen LogP) is 2.26. The molecule has 0 saturated heterocycles. The Hall–Kier alpha value is -1.95. The van der Waals surface area contributed by atoms with Crippen LogP contribution in [0.3, 0.4) is 0 Å². The first-order valence-corrected chi connectivity index (χ1v) is 6.37. The monoisotopic (exact) mass is 299 g/mol. The van der Waals surface area contributed by atoms with Gasteiger partial charge in [0.2, 0.25) is 0 Å². The van der Waals surface area contributed by atoms with Crippen molar-refractivity contribution in [3.8, 4) is 0 Å². The lowest BCUT2D eigenvalue weighted by atomic mass is 10.1. The lowest BCUT2D eigenvalue weighted by molar-refractivity contribution is -0.137. The third-order valence-corrected chi connectivity index (χ3v) is 3.35. The number of halogens is 2. The average Bonchev–Trinajstić information content (AvgIpc) is 2.64. The number of anilines is 1. The Kier molecular flexibility index (Phi) is 4.04. The fraction of sp³-hybridized carbons (Fsp3) is 0.308. The number of unbranched alkanes of at least 4 members (excludes halogenated alkanes) is 1. The van der Waals surface area contributed by atoms with E-state index in [-0.39, 0.29) is 29.2 Å². The highest BCUT2D eigenvalue weighted by Crippen LogP contribution is 2.36. The number of carboxylic acid groups (broad SMARTS) is 1. The molecule has 0 spiro atoms. The molecule has 0 saturated carbocycles. The Morgan fingerprint density at radius 3 is 2.65 bits per heavy atom. The van der Waals surface area contributed by atoms with E-state index in [9.17, 15) is 18.8 Å². The van der Waals surface area contributed by atoms with Crippen LogP contribution in [0.25, 0.3) is 0 Å². The van der Waals surface area contributed by atoms with Gasteiger partial charge in [-0.15, -0.1) is 0 Å². The van der Waals surface area contributed by atoms with Gasteiger partial charge in [-0.05, 0) is 25.0 Å². The summed E-state index contributed by atoms with van der Waals surface area (Å²) in [5.74, 6) is -3.30. The summed E-state index contributed by atoms with van der Waals surface area (Å²) >= 11 is 5.83. The molecule has 1 amide bonds. The zero-order valence-electron chi connectivity index (χ0n) is 10.4. The Labute approximate surface area is 118 Å². The predicted molar refractivity (Wildman–Crippen MR) is 69.6 cm³/mol. The Morgan fingerprint density at radius 1 is 1.30 bits per heavy atom. The van der Waals surface area contributed by atoms with Gasteiger partial charge in [-0.3, -0.25) is 14.4 Å². The van der Waals surface area contributed by atoms with E-state index in [0.717, 1.165) is 11.0 Å². The first kappa shape index (κ1) is 14.5. The number of ketones is 1. The van der Waals surface area contributed by atoms with Gasteiger partial charge >= 0.3 is 5.97 Å². The van der Waals surface area contributed by atoms with Crippen LogP contribution in [0.15, 0.2) is 12.1 Å². The molecule has 0 aliphatic carbocycles. The third kappa shape index (κ3) is 2.51. The van der Waals surface area contributed by atoms with Gasteiger partial charge in [0, 0.05) is 13.0 Å². The molecule has 1 heterocycles. The van der Waals surface area contributed by atoms with E-state index in [1.54, 1.807) is 0 Å². The van der Waals surface area contributed by atoms with Gasteiger partial charge in [0.25, 0.3) is 11.7 Å². The molecule has 1 aliphatic heterocycles. The quantitative estimate of drug-likeness (QED) is 0.668. The zero-order valence-corrected chi connectivity index (χ0v) is 11.1. The van der Waals surface area contributed by atoms with E-state index in [1.165, 1.54) is 6.07 Å². The molecule has 7 heteroatoms. The van der Waals surface area contributed by atoms with Gasteiger partial charge in [-0.25, -0.2) is 4.39 Å². The molecule has 0 atom stereocenters. The first-order chi connectivity index (χ1) is 9.43. The number of carbonyl (C=O) groups excluding carboxylic acids is 2. The molecule has 1 N–H and O–H groups in total. The molecule has 0 fully saturated rings. The number of aliphatic carboxylic acids is 1. The van der Waals surface area contributed by atoms with Gasteiger partial charge in [-0.2, -0.15) is 0 Å². The molecule has 0 unspecified atom stereocenters. The molecule has 106 valence electrons. The van der Waals surface area contributed by atoms with Crippen molar-refractivity contribution >= 4 is 34.9 Å². The minimum absolute atomic E-state index is 0.0350. The van der Waals surface area contributed by atoms with Crippen molar-refractivity contribution in [1.82, 2.24) is 0 Å². The fourth-order valence-electron chi connectivity index (χ4n) is 2.11. The number of carboxylic acids is 1. The van der Waals surface area contributed by atoms with Crippen molar-refractivity contribution in [2.45, 2.75) is 19.3 Å². The van der Waals surface area contributed by atoms with E-state index in [0.29, 0.717) is 12.8 Å². The van der Waals surface area contributed by atoms with Gasteiger partial charge in [-0.1, -0.05) is 11.6 Å². The molecule has 1 aromatic rings. The highest BCUT2D eigenvalue weighted by molar-refractivity contribution is 6.55. The van der Waals surface area contributed by atoms with E-state index in [4.69, 9.17) is 16.7 Å². The summed E-state index contributed by atoms with van der Waals surface area (Å²) in [4.78, 5) is 35.0. The lowest BCUT2D eigenvalue weighted by Crippen LogP contribution is -2.31. The number of hydrogen-bond acceptors (Lipinski definition) is 3. The minimum Gasteiger partial charge on any atom is -0.481 e. The first-order valence-electron chi connectivity index (χ1n) is 5.99. The largest absolute Gasteiger partial charge is 0.481 e. The second kappa shape index (κ2) is 5.58. The SMILES string of the molecule is O=C(O)CCCCN1C(=O)C(=O)c2c(Cl)ccc(F)c21. The number of Topliss-reactive ketones (excluding diaryl/α,β-unsaturated/α-hetero) is 1. The van der Waals surface area contributed by atoms with E-state index in [1.807, 2.05) is 0 Å². The molecule has 0 aromatic heterocycles. The zero-order chi connectivity index (χ0) is 14.9. The summed E-state index contributed by atoms with van der Waals surface area (Å²) in [5.41, 5.74) is -0.224. The van der Waals surface area contributed by atoms with Crippen LogP contribution in [0, 0.1) is 5.82 Å². The van der Waals surface area contributed by atoms with E-state index in [2.05, 4.69) is 0 Å². The van der Waals surface area contributed by atoms with Crippen LogP contribution in [-0.4, -0.2) is 29.3 Å². The van der Waals surface area contributed by atoms with Gasteiger partial charge in [0.1, 0.15) is 5.82 Å². The highest BCUT2D eigenvalue weighted by atomic mass is 35.5. The van der Waals surface area contributed by atoms with E-state index >= 15 is 0 Å². The van der Waals surface area contributed by atoms with Crippen molar-refractivity contribution in [3.05, 3.63) is 28.5 Å². The van der Waals surface area contributed by atoms with Gasteiger partial charge < -0.3 is 10.0 Å². The maximum atomic E-state index is 13.8. The number of amides is 1.